The van der Waals surface area contributed by atoms with E-state index in [2.05, 4.69) is 4.98 Å². The molecular weight excluding hydrogens is 148 g/mol. The monoisotopic (exact) mass is 152 g/mol. The Hall–Kier alpha value is -1.34. The number of nitriles is 1. The summed E-state index contributed by atoms with van der Waals surface area (Å²) >= 11 is 1.29. The molecule has 0 bridgehead atoms. The van der Waals surface area contributed by atoms with Crippen molar-refractivity contribution in [1.82, 2.24) is 4.98 Å². The molecule has 0 aliphatic rings. The van der Waals surface area contributed by atoms with Crippen molar-refractivity contribution in [1.29, 1.82) is 5.26 Å². The molecule has 0 saturated carbocycles. The van der Waals surface area contributed by atoms with Crippen LogP contribution < -0.4 is 0 Å². The molecule has 0 fully saturated rings. The highest BCUT2D eigenvalue weighted by molar-refractivity contribution is 7.10. The van der Waals surface area contributed by atoms with E-state index in [-0.39, 0.29) is 5.76 Å². The molecule has 0 aliphatic carbocycles. The Morgan fingerprint density at radius 1 is 1.90 bits per heavy atom. The van der Waals surface area contributed by atoms with Crippen LogP contribution in [0, 0.1) is 11.3 Å². The first-order valence-corrected chi connectivity index (χ1v) is 3.40. The molecule has 1 aromatic rings. The number of aliphatic hydroxyl groups excluding tert-OH is 1. The van der Waals surface area contributed by atoms with Gasteiger partial charge < -0.3 is 5.11 Å². The number of allylic oxidation sites excluding steroid dienone is 1. The van der Waals surface area contributed by atoms with Gasteiger partial charge in [-0.25, -0.2) is 0 Å². The van der Waals surface area contributed by atoms with Gasteiger partial charge in [0.15, 0.2) is 0 Å². The van der Waals surface area contributed by atoms with Gasteiger partial charge in [-0.2, -0.15) is 5.26 Å². The fourth-order valence-corrected chi connectivity index (χ4v) is 1.01. The molecule has 0 aromatic carbocycles. The molecule has 0 radical (unpaired) electrons. The fraction of sp³-hybridized carbons (Fsp3) is 0. The van der Waals surface area contributed by atoms with Gasteiger partial charge in [-0.05, 0) is 0 Å². The second-order valence-electron chi connectivity index (χ2n) is 1.52. The molecule has 0 unspecified atom stereocenters. The summed E-state index contributed by atoms with van der Waals surface area (Å²) < 4.78 is 0. The SMILES string of the molecule is N#C/C=C(/O)c1cncs1. The van der Waals surface area contributed by atoms with Crippen LogP contribution in [0.3, 0.4) is 0 Å². The van der Waals surface area contributed by atoms with Gasteiger partial charge in [-0.15, -0.1) is 11.3 Å². The van der Waals surface area contributed by atoms with Gasteiger partial charge in [0.2, 0.25) is 0 Å². The van der Waals surface area contributed by atoms with Gasteiger partial charge in [-0.3, -0.25) is 4.98 Å². The molecule has 1 N–H and O–H groups in total. The molecule has 0 amide bonds. The minimum Gasteiger partial charge on any atom is -0.506 e. The van der Waals surface area contributed by atoms with E-state index < -0.39 is 0 Å². The summed E-state index contributed by atoms with van der Waals surface area (Å²) in [6.45, 7) is 0. The highest BCUT2D eigenvalue weighted by Gasteiger charge is 1.97. The third kappa shape index (κ3) is 1.33. The van der Waals surface area contributed by atoms with Gasteiger partial charge in [0.05, 0.1) is 22.5 Å². The maximum Gasteiger partial charge on any atom is 0.144 e. The van der Waals surface area contributed by atoms with E-state index in [0.29, 0.717) is 4.88 Å². The van der Waals surface area contributed by atoms with Crippen molar-refractivity contribution in [2.45, 2.75) is 0 Å². The summed E-state index contributed by atoms with van der Waals surface area (Å²) in [4.78, 5) is 4.35. The van der Waals surface area contributed by atoms with Crippen LogP contribution in [0.2, 0.25) is 0 Å². The number of thiazole rings is 1. The van der Waals surface area contributed by atoms with Gasteiger partial charge >= 0.3 is 0 Å². The zero-order chi connectivity index (χ0) is 7.40. The second kappa shape index (κ2) is 2.99. The van der Waals surface area contributed by atoms with E-state index in [4.69, 9.17) is 10.4 Å². The van der Waals surface area contributed by atoms with Crippen molar-refractivity contribution < 1.29 is 5.11 Å². The molecule has 1 rings (SSSR count). The zero-order valence-electron chi connectivity index (χ0n) is 4.98. The lowest BCUT2D eigenvalue weighted by Crippen LogP contribution is -1.73. The highest BCUT2D eigenvalue weighted by atomic mass is 32.1. The second-order valence-corrected chi connectivity index (χ2v) is 2.41. The van der Waals surface area contributed by atoms with Crippen LogP contribution >= 0.6 is 11.3 Å². The average Bonchev–Trinajstić information content (AvgIpc) is 2.38. The Labute approximate surface area is 61.9 Å². The van der Waals surface area contributed by atoms with Crippen LogP contribution in [0.4, 0.5) is 0 Å². The van der Waals surface area contributed by atoms with Crippen molar-refractivity contribution in [3.8, 4) is 6.07 Å². The van der Waals surface area contributed by atoms with Crippen molar-refractivity contribution in [3.05, 3.63) is 22.7 Å². The van der Waals surface area contributed by atoms with Crippen LogP contribution in [-0.4, -0.2) is 10.1 Å². The number of hydrogen-bond acceptors (Lipinski definition) is 4. The lowest BCUT2D eigenvalue weighted by molar-refractivity contribution is 0.514. The molecule has 4 heteroatoms. The number of hydrogen-bond donors (Lipinski definition) is 1. The Bertz CT molecular complexity index is 270. The van der Waals surface area contributed by atoms with E-state index in [0.717, 1.165) is 6.08 Å². The lowest BCUT2D eigenvalue weighted by atomic mass is 10.4. The third-order valence-corrected chi connectivity index (χ3v) is 1.68. The molecule has 0 atom stereocenters. The van der Waals surface area contributed by atoms with E-state index in [1.54, 1.807) is 11.6 Å². The summed E-state index contributed by atoms with van der Waals surface area (Å²) in [7, 11) is 0. The molecule has 10 heavy (non-hydrogen) atoms. The maximum atomic E-state index is 9.02. The minimum atomic E-state index is -0.0231. The molecular formula is C6H4N2OS. The topological polar surface area (TPSA) is 56.9 Å². The minimum absolute atomic E-state index is 0.0231. The maximum absolute atomic E-state index is 9.02. The van der Waals surface area contributed by atoms with Crippen LogP contribution in [0.15, 0.2) is 17.8 Å². The van der Waals surface area contributed by atoms with Crippen LogP contribution in [0.5, 0.6) is 0 Å². The van der Waals surface area contributed by atoms with E-state index in [1.807, 2.05) is 0 Å². The normalized spacial score (nSPS) is 10.9. The highest BCUT2D eigenvalue weighted by Crippen LogP contribution is 2.14. The largest absolute Gasteiger partial charge is 0.506 e. The van der Waals surface area contributed by atoms with Crippen molar-refractivity contribution in [3.63, 3.8) is 0 Å². The number of rotatable bonds is 1. The standard InChI is InChI=1S/C6H4N2OS/c7-2-1-5(9)6-3-8-4-10-6/h1,3-4,9H/b5-1+. The zero-order valence-corrected chi connectivity index (χ0v) is 5.80. The Kier molecular flexibility index (Phi) is 2.03. The summed E-state index contributed by atoms with van der Waals surface area (Å²) in [6, 6.07) is 1.72. The van der Waals surface area contributed by atoms with Crippen molar-refractivity contribution in [2.24, 2.45) is 0 Å². The van der Waals surface area contributed by atoms with E-state index >= 15 is 0 Å². The average molecular weight is 152 g/mol. The van der Waals surface area contributed by atoms with Gasteiger partial charge in [0.25, 0.3) is 0 Å². The third-order valence-electron chi connectivity index (χ3n) is 0.886. The van der Waals surface area contributed by atoms with Gasteiger partial charge in [-0.1, -0.05) is 0 Å². The molecule has 0 spiro atoms. The van der Waals surface area contributed by atoms with E-state index in [1.165, 1.54) is 17.5 Å². The Morgan fingerprint density at radius 3 is 3.20 bits per heavy atom. The predicted octanol–water partition coefficient (Wildman–Crippen LogP) is 1.57. The molecule has 0 saturated heterocycles. The van der Waals surface area contributed by atoms with Crippen molar-refractivity contribution in [2.75, 3.05) is 0 Å². The molecule has 3 nitrogen and oxygen atoms in total. The molecule has 0 aliphatic heterocycles. The Balaban J connectivity index is 2.90. The molecule has 1 aromatic heterocycles. The predicted molar refractivity (Wildman–Crippen MR) is 38.3 cm³/mol. The van der Waals surface area contributed by atoms with Gasteiger partial charge in [0.1, 0.15) is 5.76 Å². The molecule has 50 valence electrons. The van der Waals surface area contributed by atoms with Crippen LogP contribution in [0.25, 0.3) is 5.76 Å². The van der Waals surface area contributed by atoms with Crippen LogP contribution in [0.1, 0.15) is 4.88 Å². The number of aromatic nitrogens is 1. The smallest absolute Gasteiger partial charge is 0.144 e. The Morgan fingerprint density at radius 2 is 2.70 bits per heavy atom. The summed E-state index contributed by atoms with van der Waals surface area (Å²) in [5.74, 6) is -0.0231. The summed E-state index contributed by atoms with van der Waals surface area (Å²) in [5.41, 5.74) is 1.59. The van der Waals surface area contributed by atoms with E-state index in [9.17, 15) is 0 Å². The number of nitrogens with zero attached hydrogens (tertiary/aromatic N) is 2. The fourth-order valence-electron chi connectivity index (χ4n) is 0.475. The lowest BCUT2D eigenvalue weighted by Gasteiger charge is -1.86. The first kappa shape index (κ1) is 6.78. The quantitative estimate of drug-likeness (QED) is 0.490. The first-order chi connectivity index (χ1) is 4.84. The first-order valence-electron chi connectivity index (χ1n) is 2.52. The molecule has 1 heterocycles. The van der Waals surface area contributed by atoms with Crippen LogP contribution in [-0.2, 0) is 0 Å². The van der Waals surface area contributed by atoms with Crippen molar-refractivity contribution >= 4 is 17.1 Å². The summed E-state index contributed by atoms with van der Waals surface area (Å²) in [5, 5.41) is 17.2. The number of aliphatic hydroxyl groups is 1. The van der Waals surface area contributed by atoms with Gasteiger partial charge in [0, 0.05) is 6.20 Å². The summed E-state index contributed by atoms with van der Waals surface area (Å²) in [6.07, 6.45) is 2.58.